The number of piperidine rings is 1. The van der Waals surface area contributed by atoms with Crippen LogP contribution >= 0.6 is 0 Å². The van der Waals surface area contributed by atoms with Crippen molar-refractivity contribution in [3.63, 3.8) is 0 Å². The maximum absolute atomic E-state index is 12.6. The van der Waals surface area contributed by atoms with Crippen LogP contribution in [0.3, 0.4) is 0 Å². The topological polar surface area (TPSA) is 75.3 Å². The standard InChI is InChI=1S/C16H25N5O/c1-12(17)13-5-4-10-21(11-13)16(22)14-6-7-15(19-18-14)20-8-2-3-9-20/h6-7,12-13H,2-5,8-11,17H2,1H3/t12-,13+/m0/s1. The lowest BCUT2D eigenvalue weighted by molar-refractivity contribution is 0.0654. The van der Waals surface area contributed by atoms with Gasteiger partial charge in [-0.25, -0.2) is 0 Å². The van der Waals surface area contributed by atoms with Gasteiger partial charge in [0.25, 0.3) is 5.91 Å². The van der Waals surface area contributed by atoms with Gasteiger partial charge in [-0.05, 0) is 50.7 Å². The highest BCUT2D eigenvalue weighted by molar-refractivity contribution is 5.92. The van der Waals surface area contributed by atoms with E-state index in [1.165, 1.54) is 12.8 Å². The van der Waals surface area contributed by atoms with Gasteiger partial charge >= 0.3 is 0 Å². The molecule has 22 heavy (non-hydrogen) atoms. The van der Waals surface area contributed by atoms with Crippen molar-refractivity contribution in [3.05, 3.63) is 17.8 Å². The third-order valence-corrected chi connectivity index (χ3v) is 4.79. The molecular weight excluding hydrogens is 278 g/mol. The summed E-state index contributed by atoms with van der Waals surface area (Å²) in [6.07, 6.45) is 4.52. The summed E-state index contributed by atoms with van der Waals surface area (Å²) in [5, 5.41) is 8.39. The van der Waals surface area contributed by atoms with Crippen LogP contribution in [-0.2, 0) is 0 Å². The number of carbonyl (C=O) groups is 1. The Morgan fingerprint density at radius 3 is 2.64 bits per heavy atom. The molecule has 1 aromatic heterocycles. The van der Waals surface area contributed by atoms with Gasteiger partial charge in [0.1, 0.15) is 0 Å². The highest BCUT2D eigenvalue weighted by Gasteiger charge is 2.27. The SMILES string of the molecule is C[C@H](N)[C@@H]1CCCN(C(=O)c2ccc(N3CCCC3)nn2)C1. The lowest BCUT2D eigenvalue weighted by atomic mass is 9.92. The number of nitrogens with two attached hydrogens (primary N) is 1. The fourth-order valence-electron chi connectivity index (χ4n) is 3.34. The van der Waals surface area contributed by atoms with E-state index in [1.54, 1.807) is 6.07 Å². The average Bonchev–Trinajstić information content (AvgIpc) is 3.09. The number of aromatic nitrogens is 2. The summed E-state index contributed by atoms with van der Waals surface area (Å²) < 4.78 is 0. The summed E-state index contributed by atoms with van der Waals surface area (Å²) in [5.74, 6) is 1.24. The van der Waals surface area contributed by atoms with Gasteiger partial charge in [0, 0.05) is 32.2 Å². The highest BCUT2D eigenvalue weighted by atomic mass is 16.2. The van der Waals surface area contributed by atoms with Crippen molar-refractivity contribution < 1.29 is 4.79 Å². The summed E-state index contributed by atoms with van der Waals surface area (Å²) in [5.41, 5.74) is 6.42. The van der Waals surface area contributed by atoms with E-state index in [4.69, 9.17) is 5.73 Å². The summed E-state index contributed by atoms with van der Waals surface area (Å²) >= 11 is 0. The molecule has 2 aliphatic rings. The summed E-state index contributed by atoms with van der Waals surface area (Å²) in [4.78, 5) is 16.7. The molecule has 0 radical (unpaired) electrons. The van der Waals surface area contributed by atoms with E-state index in [0.29, 0.717) is 11.6 Å². The molecule has 0 unspecified atom stereocenters. The number of nitrogens with zero attached hydrogens (tertiary/aromatic N) is 4. The number of rotatable bonds is 3. The normalized spacial score (nSPS) is 23.6. The van der Waals surface area contributed by atoms with Crippen molar-refractivity contribution >= 4 is 11.7 Å². The Hall–Kier alpha value is -1.69. The van der Waals surface area contributed by atoms with Gasteiger partial charge in [-0.15, -0.1) is 10.2 Å². The first-order chi connectivity index (χ1) is 10.6. The van der Waals surface area contributed by atoms with E-state index in [2.05, 4.69) is 15.1 Å². The maximum Gasteiger partial charge on any atom is 0.274 e. The minimum atomic E-state index is -0.0224. The van der Waals surface area contributed by atoms with Crippen LogP contribution in [-0.4, -0.2) is 53.2 Å². The minimum Gasteiger partial charge on any atom is -0.355 e. The molecular formula is C16H25N5O. The van der Waals surface area contributed by atoms with Crippen molar-refractivity contribution in [2.75, 3.05) is 31.1 Å². The molecule has 6 heteroatoms. The van der Waals surface area contributed by atoms with Crippen molar-refractivity contribution in [2.45, 2.75) is 38.6 Å². The Labute approximate surface area is 131 Å². The van der Waals surface area contributed by atoms with E-state index in [1.807, 2.05) is 17.9 Å². The molecule has 6 nitrogen and oxygen atoms in total. The molecule has 3 rings (SSSR count). The van der Waals surface area contributed by atoms with E-state index in [0.717, 1.165) is 44.8 Å². The van der Waals surface area contributed by atoms with Gasteiger partial charge in [-0.1, -0.05) is 0 Å². The van der Waals surface area contributed by atoms with Crippen LogP contribution in [0.5, 0.6) is 0 Å². The predicted octanol–water partition coefficient (Wildman–Crippen LogP) is 1.28. The van der Waals surface area contributed by atoms with E-state index in [9.17, 15) is 4.79 Å². The molecule has 1 aromatic rings. The second-order valence-corrected chi connectivity index (χ2v) is 6.48. The Morgan fingerprint density at radius 1 is 1.23 bits per heavy atom. The fraction of sp³-hybridized carbons (Fsp3) is 0.688. The number of likely N-dealkylation sites (tertiary alicyclic amines) is 1. The molecule has 0 bridgehead atoms. The van der Waals surface area contributed by atoms with Crippen molar-refractivity contribution in [2.24, 2.45) is 11.7 Å². The third-order valence-electron chi connectivity index (χ3n) is 4.79. The van der Waals surface area contributed by atoms with Crippen molar-refractivity contribution in [1.29, 1.82) is 0 Å². The molecule has 2 fully saturated rings. The summed E-state index contributed by atoms with van der Waals surface area (Å²) in [7, 11) is 0. The van der Waals surface area contributed by atoms with Gasteiger partial charge in [0.2, 0.25) is 0 Å². The second kappa shape index (κ2) is 6.60. The first-order valence-electron chi connectivity index (χ1n) is 8.28. The average molecular weight is 303 g/mol. The first kappa shape index (κ1) is 15.2. The van der Waals surface area contributed by atoms with Crippen molar-refractivity contribution in [1.82, 2.24) is 15.1 Å². The quantitative estimate of drug-likeness (QED) is 0.910. The first-order valence-corrected chi connectivity index (χ1v) is 8.28. The van der Waals surface area contributed by atoms with Crippen LogP contribution in [0.4, 0.5) is 5.82 Å². The van der Waals surface area contributed by atoms with Crippen LogP contribution < -0.4 is 10.6 Å². The zero-order valence-electron chi connectivity index (χ0n) is 13.2. The molecule has 1 amide bonds. The van der Waals surface area contributed by atoms with Crippen LogP contribution in [0, 0.1) is 5.92 Å². The largest absolute Gasteiger partial charge is 0.355 e. The zero-order chi connectivity index (χ0) is 15.5. The van der Waals surface area contributed by atoms with Gasteiger partial charge in [-0.3, -0.25) is 4.79 Å². The molecule has 2 N–H and O–H groups in total. The number of hydrogen-bond acceptors (Lipinski definition) is 5. The van der Waals surface area contributed by atoms with E-state index < -0.39 is 0 Å². The van der Waals surface area contributed by atoms with Crippen LogP contribution in [0.15, 0.2) is 12.1 Å². The Balaban J connectivity index is 1.66. The van der Waals surface area contributed by atoms with E-state index in [-0.39, 0.29) is 11.9 Å². The van der Waals surface area contributed by atoms with Crippen LogP contribution in [0.1, 0.15) is 43.1 Å². The lowest BCUT2D eigenvalue weighted by Crippen LogP contribution is -2.45. The maximum atomic E-state index is 12.6. The van der Waals surface area contributed by atoms with Gasteiger partial charge in [-0.2, -0.15) is 0 Å². The number of hydrogen-bond donors (Lipinski definition) is 1. The zero-order valence-corrected chi connectivity index (χ0v) is 13.2. The molecule has 3 heterocycles. The Morgan fingerprint density at radius 2 is 2.00 bits per heavy atom. The molecule has 0 saturated carbocycles. The number of carbonyl (C=O) groups excluding carboxylic acids is 1. The van der Waals surface area contributed by atoms with Gasteiger partial charge in [0.05, 0.1) is 0 Å². The number of anilines is 1. The molecule has 120 valence electrons. The Bertz CT molecular complexity index is 510. The van der Waals surface area contributed by atoms with Crippen LogP contribution in [0.2, 0.25) is 0 Å². The molecule has 2 atom stereocenters. The third kappa shape index (κ3) is 3.21. The smallest absolute Gasteiger partial charge is 0.274 e. The summed E-state index contributed by atoms with van der Waals surface area (Å²) in [6.45, 7) is 5.60. The minimum absolute atomic E-state index is 0.0224. The highest BCUT2D eigenvalue weighted by Crippen LogP contribution is 2.21. The van der Waals surface area contributed by atoms with Crippen molar-refractivity contribution in [3.8, 4) is 0 Å². The molecule has 0 aliphatic carbocycles. The monoisotopic (exact) mass is 303 g/mol. The number of amides is 1. The summed E-state index contributed by atoms with van der Waals surface area (Å²) in [6, 6.07) is 3.84. The molecule has 2 saturated heterocycles. The van der Waals surface area contributed by atoms with Gasteiger partial charge < -0.3 is 15.5 Å². The molecule has 0 spiro atoms. The lowest BCUT2D eigenvalue weighted by Gasteiger charge is -2.34. The van der Waals surface area contributed by atoms with Crippen LogP contribution in [0.25, 0.3) is 0 Å². The molecule has 0 aromatic carbocycles. The van der Waals surface area contributed by atoms with Gasteiger partial charge in [0.15, 0.2) is 11.5 Å². The Kier molecular flexibility index (Phi) is 4.57. The van der Waals surface area contributed by atoms with E-state index >= 15 is 0 Å². The fourth-order valence-corrected chi connectivity index (χ4v) is 3.34. The predicted molar refractivity (Wildman–Crippen MR) is 85.8 cm³/mol. The molecule has 2 aliphatic heterocycles. The second-order valence-electron chi connectivity index (χ2n) is 6.48.